The van der Waals surface area contributed by atoms with E-state index in [-0.39, 0.29) is 9.87 Å². The van der Waals surface area contributed by atoms with Crippen LogP contribution in [0.3, 0.4) is 0 Å². The highest BCUT2D eigenvalue weighted by Gasteiger charge is 2.29. The Morgan fingerprint density at radius 3 is 2.27 bits per heavy atom. The van der Waals surface area contributed by atoms with Crippen LogP contribution < -0.4 is 0 Å². The number of hydrogen-bond donors (Lipinski definition) is 0. The fourth-order valence-electron chi connectivity index (χ4n) is 0.810. The molecule has 3 nitrogen and oxygen atoms in total. The van der Waals surface area contributed by atoms with Gasteiger partial charge in [0.1, 0.15) is 0 Å². The maximum Gasteiger partial charge on any atom is 0.228 e. The Morgan fingerprint density at radius 1 is 1.55 bits per heavy atom. The summed E-state index contributed by atoms with van der Waals surface area (Å²) in [4.78, 5) is 4.05. The molecular weight excluding hydrogens is 230 g/mol. The second-order valence-electron chi connectivity index (χ2n) is 2.57. The van der Waals surface area contributed by atoms with E-state index in [1.165, 1.54) is 6.20 Å². The molecule has 0 atom stereocenters. The van der Waals surface area contributed by atoms with E-state index in [1.54, 1.807) is 0 Å². The average Bonchev–Trinajstić information content (AvgIpc) is 2.08. The Bertz CT molecular complexity index is 326. The SMILES string of the molecule is CC(C)C1=CN=C(Br)S1(=O)=O. The van der Waals surface area contributed by atoms with E-state index in [2.05, 4.69) is 20.9 Å². The molecule has 0 N–H and O–H groups in total. The van der Waals surface area contributed by atoms with Crippen LogP contribution in [0.1, 0.15) is 13.8 Å². The maximum absolute atomic E-state index is 11.3. The van der Waals surface area contributed by atoms with Gasteiger partial charge in [0.2, 0.25) is 13.8 Å². The molecule has 62 valence electrons. The van der Waals surface area contributed by atoms with Gasteiger partial charge in [0.25, 0.3) is 0 Å². The van der Waals surface area contributed by atoms with Gasteiger partial charge in [-0.05, 0) is 21.8 Å². The third-order valence-corrected chi connectivity index (χ3v) is 4.62. The summed E-state index contributed by atoms with van der Waals surface area (Å²) in [6, 6.07) is 0. The number of hydrogen-bond acceptors (Lipinski definition) is 3. The van der Waals surface area contributed by atoms with Gasteiger partial charge in [-0.25, -0.2) is 13.4 Å². The molecule has 1 aliphatic heterocycles. The third kappa shape index (κ3) is 1.39. The van der Waals surface area contributed by atoms with Crippen molar-refractivity contribution in [3.8, 4) is 0 Å². The van der Waals surface area contributed by atoms with Crippen molar-refractivity contribution in [3.05, 3.63) is 11.1 Å². The molecule has 0 saturated carbocycles. The number of aliphatic imine (C=N–C) groups is 1. The van der Waals surface area contributed by atoms with Gasteiger partial charge in [0.15, 0.2) is 0 Å². The molecule has 1 rings (SSSR count). The quantitative estimate of drug-likeness (QED) is 0.697. The highest BCUT2D eigenvalue weighted by atomic mass is 79.9. The predicted molar refractivity (Wildman–Crippen MR) is 48.2 cm³/mol. The van der Waals surface area contributed by atoms with Crippen molar-refractivity contribution in [1.29, 1.82) is 0 Å². The molecule has 0 unspecified atom stereocenters. The Labute approximate surface area is 74.3 Å². The molecule has 0 aromatic rings. The first-order valence-corrected chi connectivity index (χ1v) is 5.42. The molecule has 0 saturated heterocycles. The van der Waals surface area contributed by atoms with Crippen LogP contribution in [0.5, 0.6) is 0 Å². The maximum atomic E-state index is 11.3. The first kappa shape index (κ1) is 8.93. The Balaban J connectivity index is 3.13. The molecule has 0 fully saturated rings. The normalized spacial score (nSPS) is 21.8. The van der Waals surface area contributed by atoms with E-state index in [4.69, 9.17) is 0 Å². The number of halogens is 1. The summed E-state index contributed by atoms with van der Waals surface area (Å²) in [6.45, 7) is 3.65. The number of sulfone groups is 1. The van der Waals surface area contributed by atoms with Crippen LogP contribution in [0.15, 0.2) is 16.1 Å². The van der Waals surface area contributed by atoms with Crippen LogP contribution in [0.2, 0.25) is 0 Å². The van der Waals surface area contributed by atoms with E-state index >= 15 is 0 Å². The van der Waals surface area contributed by atoms with Crippen molar-refractivity contribution in [2.45, 2.75) is 13.8 Å². The highest BCUT2D eigenvalue weighted by molar-refractivity contribution is 9.21. The Morgan fingerprint density at radius 2 is 2.09 bits per heavy atom. The highest BCUT2D eigenvalue weighted by Crippen LogP contribution is 2.26. The van der Waals surface area contributed by atoms with Crippen molar-refractivity contribution < 1.29 is 8.42 Å². The fraction of sp³-hybridized carbons (Fsp3) is 0.500. The molecule has 0 spiro atoms. The van der Waals surface area contributed by atoms with Crippen LogP contribution >= 0.6 is 15.9 Å². The summed E-state index contributed by atoms with van der Waals surface area (Å²) >= 11 is 2.88. The molecule has 0 radical (unpaired) electrons. The monoisotopic (exact) mass is 237 g/mol. The summed E-state index contributed by atoms with van der Waals surface area (Å²) in [5, 5.41) is 0. The Kier molecular flexibility index (Phi) is 2.20. The molecule has 11 heavy (non-hydrogen) atoms. The Hall–Kier alpha value is -0.160. The predicted octanol–water partition coefficient (Wildman–Crippen LogP) is 1.66. The molecule has 5 heteroatoms. The summed E-state index contributed by atoms with van der Waals surface area (Å²) in [6.07, 6.45) is 1.39. The van der Waals surface area contributed by atoms with Gasteiger partial charge >= 0.3 is 0 Å². The largest absolute Gasteiger partial charge is 0.236 e. The van der Waals surface area contributed by atoms with Gasteiger partial charge < -0.3 is 0 Å². The second-order valence-corrected chi connectivity index (χ2v) is 5.71. The van der Waals surface area contributed by atoms with E-state index in [0.717, 1.165) is 0 Å². The van der Waals surface area contributed by atoms with Gasteiger partial charge in [-0.1, -0.05) is 13.8 Å². The van der Waals surface area contributed by atoms with E-state index in [9.17, 15) is 8.42 Å². The fourth-order valence-corrected chi connectivity index (χ4v) is 2.67. The van der Waals surface area contributed by atoms with Gasteiger partial charge in [-0.2, -0.15) is 0 Å². The molecule has 0 amide bonds. The van der Waals surface area contributed by atoms with Crippen molar-refractivity contribution in [3.63, 3.8) is 0 Å². The van der Waals surface area contributed by atoms with Crippen molar-refractivity contribution in [1.82, 2.24) is 0 Å². The van der Waals surface area contributed by atoms with Crippen LogP contribution in [-0.4, -0.2) is 12.4 Å². The molecular formula is C6H8BrNO2S. The van der Waals surface area contributed by atoms with Gasteiger partial charge in [-0.3, -0.25) is 0 Å². The number of allylic oxidation sites excluding steroid dienone is 1. The molecule has 0 aromatic carbocycles. The van der Waals surface area contributed by atoms with E-state index in [0.29, 0.717) is 4.91 Å². The van der Waals surface area contributed by atoms with Gasteiger partial charge in [0, 0.05) is 6.20 Å². The molecule has 1 aliphatic rings. The standard InChI is InChI=1S/C6H8BrNO2S/c1-4(2)5-3-8-6(7)11(5,9)10/h3-4H,1-2H3. The molecule has 0 aliphatic carbocycles. The van der Waals surface area contributed by atoms with E-state index in [1.807, 2.05) is 13.8 Å². The topological polar surface area (TPSA) is 46.5 Å². The second kappa shape index (κ2) is 2.71. The third-order valence-electron chi connectivity index (χ3n) is 1.39. The first-order valence-electron chi connectivity index (χ1n) is 3.14. The lowest BCUT2D eigenvalue weighted by Crippen LogP contribution is -2.10. The zero-order valence-electron chi connectivity index (χ0n) is 6.20. The van der Waals surface area contributed by atoms with Gasteiger partial charge in [-0.15, -0.1) is 0 Å². The lowest BCUT2D eigenvalue weighted by atomic mass is 10.2. The minimum Gasteiger partial charge on any atom is -0.236 e. The molecule has 0 bridgehead atoms. The van der Waals surface area contributed by atoms with Crippen molar-refractivity contribution in [2.75, 3.05) is 0 Å². The van der Waals surface area contributed by atoms with Crippen molar-refractivity contribution >= 4 is 29.7 Å². The molecule has 0 aromatic heterocycles. The number of nitrogens with zero attached hydrogens (tertiary/aromatic N) is 1. The zero-order chi connectivity index (χ0) is 8.65. The minimum atomic E-state index is -3.24. The summed E-state index contributed by atoms with van der Waals surface area (Å²) in [7, 11) is -3.24. The summed E-state index contributed by atoms with van der Waals surface area (Å²) < 4.78 is 22.6. The molecule has 1 heterocycles. The lowest BCUT2D eigenvalue weighted by molar-refractivity contribution is 0.607. The van der Waals surface area contributed by atoms with Crippen LogP contribution in [0, 0.1) is 5.92 Å². The average molecular weight is 238 g/mol. The minimum absolute atomic E-state index is 0.00111. The van der Waals surface area contributed by atoms with Crippen LogP contribution in [0.25, 0.3) is 0 Å². The number of rotatable bonds is 1. The smallest absolute Gasteiger partial charge is 0.228 e. The lowest BCUT2D eigenvalue weighted by Gasteiger charge is -2.03. The summed E-state index contributed by atoms with van der Waals surface area (Å²) in [5.74, 6) is -0.00111. The zero-order valence-corrected chi connectivity index (χ0v) is 8.61. The summed E-state index contributed by atoms with van der Waals surface area (Å²) in [5.41, 5.74) is 0. The first-order chi connectivity index (χ1) is 4.96. The van der Waals surface area contributed by atoms with Crippen LogP contribution in [0.4, 0.5) is 0 Å². The van der Waals surface area contributed by atoms with Crippen LogP contribution in [-0.2, 0) is 9.84 Å². The van der Waals surface area contributed by atoms with Gasteiger partial charge in [0.05, 0.1) is 4.91 Å². The van der Waals surface area contributed by atoms with E-state index < -0.39 is 9.84 Å². The van der Waals surface area contributed by atoms with Crippen molar-refractivity contribution in [2.24, 2.45) is 10.9 Å².